The van der Waals surface area contributed by atoms with Crippen molar-refractivity contribution in [2.24, 2.45) is 0 Å². The SMILES string of the molecule is C[SiH](C)CC(C(CCCC[SiH2]CCCC(F)(F)F)[SiH](C)C)[SiH](C)C.FCOF. The third-order valence-electron chi connectivity index (χ3n) is 5.30. The molecule has 172 valence electrons. The van der Waals surface area contributed by atoms with E-state index in [1.165, 1.54) is 25.3 Å². The van der Waals surface area contributed by atoms with Crippen molar-refractivity contribution in [1.29, 1.82) is 0 Å². The van der Waals surface area contributed by atoms with Crippen LogP contribution in [0.15, 0.2) is 0 Å². The van der Waals surface area contributed by atoms with Gasteiger partial charge in [-0.2, -0.15) is 18.1 Å². The minimum atomic E-state index is -3.95. The summed E-state index contributed by atoms with van der Waals surface area (Å²) in [4.78, 5) is 2.38. The zero-order chi connectivity index (χ0) is 22.2. The molecule has 2 atom stereocenters. The Hall–Kier alpha value is 0.478. The zero-order valence-electron chi connectivity index (χ0n) is 18.8. The van der Waals surface area contributed by atoms with Gasteiger partial charge >= 0.3 is 6.18 Å². The number of hydrogen-bond acceptors (Lipinski definition) is 1. The maximum Gasteiger partial charge on any atom is 0.389 e. The molecule has 10 heteroatoms. The van der Waals surface area contributed by atoms with Crippen LogP contribution in [0, 0.1) is 0 Å². The molecular formula is C18H43F5OSi4. The van der Waals surface area contributed by atoms with Crippen LogP contribution in [0.5, 0.6) is 0 Å². The fraction of sp³-hybridized carbons (Fsp3) is 1.00. The van der Waals surface area contributed by atoms with Crippen LogP contribution < -0.4 is 0 Å². The lowest BCUT2D eigenvalue weighted by molar-refractivity contribution is -0.167. The van der Waals surface area contributed by atoms with Gasteiger partial charge in [-0.3, -0.25) is 0 Å². The van der Waals surface area contributed by atoms with Crippen molar-refractivity contribution < 1.29 is 27.0 Å². The molecule has 0 aliphatic heterocycles. The van der Waals surface area contributed by atoms with Crippen molar-refractivity contribution in [3.8, 4) is 0 Å². The highest BCUT2D eigenvalue weighted by molar-refractivity contribution is 6.67. The van der Waals surface area contributed by atoms with Gasteiger partial charge in [-0.25, -0.2) is 4.39 Å². The minimum absolute atomic E-state index is 0.248. The molecular weight excluding hydrogens is 440 g/mol. The monoisotopic (exact) mass is 482 g/mol. The van der Waals surface area contributed by atoms with Gasteiger partial charge in [0.25, 0.3) is 0 Å². The van der Waals surface area contributed by atoms with E-state index in [0.717, 1.165) is 17.1 Å². The van der Waals surface area contributed by atoms with Crippen LogP contribution in [-0.4, -0.2) is 48.9 Å². The molecule has 0 aliphatic carbocycles. The van der Waals surface area contributed by atoms with Gasteiger partial charge in [0.1, 0.15) is 0 Å². The van der Waals surface area contributed by atoms with Crippen molar-refractivity contribution >= 4 is 35.9 Å². The van der Waals surface area contributed by atoms with Crippen LogP contribution in [0.2, 0.25) is 68.5 Å². The van der Waals surface area contributed by atoms with E-state index in [2.05, 4.69) is 44.2 Å². The summed E-state index contributed by atoms with van der Waals surface area (Å²) in [5.74, 6) is 0. The van der Waals surface area contributed by atoms with Gasteiger partial charge in [0.2, 0.25) is 6.86 Å². The first-order valence-corrected chi connectivity index (χ1v) is 21.9. The summed E-state index contributed by atoms with van der Waals surface area (Å²) in [7, 11) is -1.91. The average Bonchev–Trinajstić information content (AvgIpc) is 2.57. The topological polar surface area (TPSA) is 9.23 Å². The highest BCUT2D eigenvalue weighted by Crippen LogP contribution is 2.39. The van der Waals surface area contributed by atoms with Gasteiger partial charge in [-0.05, 0) is 16.5 Å². The Morgan fingerprint density at radius 3 is 1.75 bits per heavy atom. The summed E-state index contributed by atoms with van der Waals surface area (Å²) < 4.78 is 56.3. The molecule has 0 bridgehead atoms. The van der Waals surface area contributed by atoms with Crippen molar-refractivity contribution in [2.45, 2.75) is 107 Å². The molecule has 0 aromatic rings. The molecule has 0 heterocycles. The Labute approximate surface area is 176 Å². The number of halogens is 5. The van der Waals surface area contributed by atoms with Crippen LogP contribution >= 0.6 is 0 Å². The molecule has 0 aromatic heterocycles. The van der Waals surface area contributed by atoms with Gasteiger partial charge in [0, 0.05) is 42.3 Å². The van der Waals surface area contributed by atoms with Crippen molar-refractivity contribution in [3.63, 3.8) is 0 Å². The molecule has 28 heavy (non-hydrogen) atoms. The maximum atomic E-state index is 12.1. The molecule has 0 saturated heterocycles. The Morgan fingerprint density at radius 1 is 0.857 bits per heavy atom. The van der Waals surface area contributed by atoms with Gasteiger partial charge in [0.15, 0.2) is 0 Å². The van der Waals surface area contributed by atoms with E-state index in [4.69, 9.17) is 0 Å². The maximum absolute atomic E-state index is 12.1. The van der Waals surface area contributed by atoms with Crippen molar-refractivity contribution in [1.82, 2.24) is 0 Å². The first kappa shape index (κ1) is 30.7. The van der Waals surface area contributed by atoms with E-state index in [1.54, 1.807) is 6.04 Å². The molecule has 0 spiro atoms. The standard InChI is InChI=1S/C17H41F3Si4.CH2F2O/c1-22(2)14-16(24(5)6)15(23(3)4)10-7-8-12-21-13-9-11-17(18,19)20;2-1-4-3/h15-16,22-24H,7-14,21H2,1-6H3;1H2. The van der Waals surface area contributed by atoms with Crippen LogP contribution in [0.1, 0.15) is 32.1 Å². The number of hydrogen-bond donors (Lipinski definition) is 0. The second-order valence-corrected chi connectivity index (χ2v) is 21.0. The summed E-state index contributed by atoms with van der Waals surface area (Å²) in [5, 5.41) is 0. The summed E-state index contributed by atoms with van der Waals surface area (Å²) in [6.45, 7) is 13.8. The number of rotatable bonds is 14. The summed E-state index contributed by atoms with van der Waals surface area (Å²) in [6, 6.07) is 3.68. The Bertz CT molecular complexity index is 342. The Morgan fingerprint density at radius 2 is 1.36 bits per heavy atom. The highest BCUT2D eigenvalue weighted by Gasteiger charge is 2.28. The fourth-order valence-corrected chi connectivity index (χ4v) is 17.1. The molecule has 0 fully saturated rings. The van der Waals surface area contributed by atoms with Crippen molar-refractivity contribution in [3.05, 3.63) is 0 Å². The van der Waals surface area contributed by atoms with Crippen LogP contribution in [0.3, 0.4) is 0 Å². The Kier molecular flexibility index (Phi) is 20.0. The van der Waals surface area contributed by atoms with E-state index in [9.17, 15) is 22.1 Å². The normalized spacial score (nSPS) is 14.8. The van der Waals surface area contributed by atoms with E-state index in [1.807, 2.05) is 0 Å². The van der Waals surface area contributed by atoms with Crippen LogP contribution in [0.4, 0.5) is 22.1 Å². The molecule has 0 N–H and O–H groups in total. The Balaban J connectivity index is 0. The zero-order valence-corrected chi connectivity index (χ0v) is 23.6. The second kappa shape index (κ2) is 18.3. The van der Waals surface area contributed by atoms with Crippen LogP contribution in [0.25, 0.3) is 0 Å². The molecule has 0 amide bonds. The lowest BCUT2D eigenvalue weighted by atomic mass is 10.1. The van der Waals surface area contributed by atoms with E-state index in [0.29, 0.717) is 6.42 Å². The van der Waals surface area contributed by atoms with Crippen LogP contribution in [-0.2, 0) is 4.94 Å². The lowest BCUT2D eigenvalue weighted by Crippen LogP contribution is -2.28. The van der Waals surface area contributed by atoms with E-state index < -0.39 is 45.8 Å². The fourth-order valence-electron chi connectivity index (χ4n) is 3.94. The molecule has 2 unspecified atom stereocenters. The smallest absolute Gasteiger partial charge is 0.216 e. The van der Waals surface area contributed by atoms with E-state index in [-0.39, 0.29) is 9.52 Å². The third-order valence-corrected chi connectivity index (χ3v) is 14.8. The first-order valence-electron chi connectivity index (χ1n) is 10.8. The molecule has 0 aliphatic rings. The molecule has 0 aromatic carbocycles. The first-order chi connectivity index (χ1) is 13.0. The van der Waals surface area contributed by atoms with Gasteiger partial charge in [0.05, 0.1) is 0 Å². The predicted molar refractivity (Wildman–Crippen MR) is 124 cm³/mol. The minimum Gasteiger partial charge on any atom is -0.216 e. The van der Waals surface area contributed by atoms with Gasteiger partial charge < -0.3 is 0 Å². The average molecular weight is 483 g/mol. The molecule has 1 nitrogen and oxygen atoms in total. The molecule has 0 radical (unpaired) electrons. The van der Waals surface area contributed by atoms with Gasteiger partial charge in [-0.15, -0.1) is 0 Å². The molecule has 0 rings (SSSR count). The number of unbranched alkanes of at least 4 members (excludes halogenated alkanes) is 1. The summed E-state index contributed by atoms with van der Waals surface area (Å²) >= 11 is 0. The lowest BCUT2D eigenvalue weighted by Gasteiger charge is -2.33. The second-order valence-electron chi connectivity index (χ2n) is 8.94. The highest BCUT2D eigenvalue weighted by atomic mass is 28.3. The summed E-state index contributed by atoms with van der Waals surface area (Å²) in [5.41, 5.74) is 2.09. The predicted octanol–water partition coefficient (Wildman–Crippen LogP) is 6.52. The van der Waals surface area contributed by atoms with Crippen molar-refractivity contribution in [2.75, 3.05) is 6.86 Å². The third kappa shape index (κ3) is 19.8. The molecule has 0 saturated carbocycles. The van der Waals surface area contributed by atoms with E-state index >= 15 is 0 Å². The van der Waals surface area contributed by atoms with Gasteiger partial charge in [-0.1, -0.05) is 82.2 Å². The summed E-state index contributed by atoms with van der Waals surface area (Å²) in [6.07, 6.45) is -0.115. The largest absolute Gasteiger partial charge is 0.389 e. The number of alkyl halides is 4. The quantitative estimate of drug-likeness (QED) is 0.156.